The van der Waals surface area contributed by atoms with Crippen LogP contribution in [0.5, 0.6) is 0 Å². The molecule has 2 N–H and O–H groups in total. The Balaban J connectivity index is 1.67. The smallest absolute Gasteiger partial charge is 0.317 e. The van der Waals surface area contributed by atoms with Crippen molar-refractivity contribution < 1.29 is 14.7 Å². The number of rotatable bonds is 4. The fourth-order valence-corrected chi connectivity index (χ4v) is 2.55. The standard InChI is InChI=1S/C13H20N2O3/c16-12(17)11-6-8-15(9-11)13(18)14-7-5-10-3-1-2-4-10/h3,11H,1-2,4-9H2,(H,14,18)(H,16,17). The second kappa shape index (κ2) is 5.89. The molecule has 2 rings (SSSR count). The van der Waals surface area contributed by atoms with Gasteiger partial charge in [-0.1, -0.05) is 11.6 Å². The third-order valence-electron chi connectivity index (χ3n) is 3.68. The van der Waals surface area contributed by atoms with Crippen LogP contribution in [0.1, 0.15) is 32.1 Å². The average molecular weight is 252 g/mol. The van der Waals surface area contributed by atoms with Crippen LogP contribution in [0.15, 0.2) is 11.6 Å². The van der Waals surface area contributed by atoms with Gasteiger partial charge in [-0.3, -0.25) is 4.79 Å². The Hall–Kier alpha value is -1.52. The van der Waals surface area contributed by atoms with E-state index in [4.69, 9.17) is 5.11 Å². The highest BCUT2D eigenvalue weighted by Gasteiger charge is 2.30. The molecule has 2 amide bonds. The molecule has 0 saturated carbocycles. The van der Waals surface area contributed by atoms with Gasteiger partial charge in [0.2, 0.25) is 0 Å². The number of amides is 2. The molecule has 0 bridgehead atoms. The Labute approximate surface area is 107 Å². The van der Waals surface area contributed by atoms with Crippen molar-refractivity contribution in [1.82, 2.24) is 10.2 Å². The van der Waals surface area contributed by atoms with Gasteiger partial charge in [-0.05, 0) is 32.1 Å². The van der Waals surface area contributed by atoms with Gasteiger partial charge in [0.05, 0.1) is 5.92 Å². The molecule has 0 aromatic carbocycles. The zero-order chi connectivity index (χ0) is 13.0. The molecule has 1 aliphatic carbocycles. The van der Waals surface area contributed by atoms with E-state index in [0.717, 1.165) is 19.3 Å². The van der Waals surface area contributed by atoms with Crippen molar-refractivity contribution in [3.8, 4) is 0 Å². The second-order valence-corrected chi connectivity index (χ2v) is 5.01. The van der Waals surface area contributed by atoms with Crippen LogP contribution >= 0.6 is 0 Å². The van der Waals surface area contributed by atoms with Crippen molar-refractivity contribution >= 4 is 12.0 Å². The first-order chi connectivity index (χ1) is 8.66. The van der Waals surface area contributed by atoms with Crippen molar-refractivity contribution in [1.29, 1.82) is 0 Å². The number of carboxylic acids is 1. The van der Waals surface area contributed by atoms with E-state index in [1.54, 1.807) is 4.90 Å². The largest absolute Gasteiger partial charge is 0.481 e. The van der Waals surface area contributed by atoms with Crippen LogP contribution < -0.4 is 5.32 Å². The van der Waals surface area contributed by atoms with Gasteiger partial charge in [0.25, 0.3) is 0 Å². The van der Waals surface area contributed by atoms with Crippen LogP contribution in [0.25, 0.3) is 0 Å². The lowest BCUT2D eigenvalue weighted by molar-refractivity contribution is -0.141. The summed E-state index contributed by atoms with van der Waals surface area (Å²) in [6.07, 6.45) is 7.28. The number of nitrogens with zero attached hydrogens (tertiary/aromatic N) is 1. The second-order valence-electron chi connectivity index (χ2n) is 5.01. The number of allylic oxidation sites excluding steroid dienone is 1. The summed E-state index contributed by atoms with van der Waals surface area (Å²) in [6.45, 7) is 1.54. The summed E-state index contributed by atoms with van der Waals surface area (Å²) in [4.78, 5) is 24.2. The fraction of sp³-hybridized carbons (Fsp3) is 0.692. The summed E-state index contributed by atoms with van der Waals surface area (Å²) in [5.74, 6) is -1.20. The molecule has 1 unspecified atom stereocenters. The molecule has 5 nitrogen and oxygen atoms in total. The molecule has 18 heavy (non-hydrogen) atoms. The summed E-state index contributed by atoms with van der Waals surface area (Å²) in [5, 5.41) is 11.7. The summed E-state index contributed by atoms with van der Waals surface area (Å²) >= 11 is 0. The van der Waals surface area contributed by atoms with Crippen LogP contribution in [0.3, 0.4) is 0 Å². The molecule has 1 atom stereocenters. The molecule has 5 heteroatoms. The van der Waals surface area contributed by atoms with E-state index >= 15 is 0 Å². The summed E-state index contributed by atoms with van der Waals surface area (Å²) in [6, 6.07) is -0.127. The van der Waals surface area contributed by atoms with Gasteiger partial charge in [-0.2, -0.15) is 0 Å². The molecule has 0 aromatic rings. The number of carboxylic acid groups (broad SMARTS) is 1. The zero-order valence-electron chi connectivity index (χ0n) is 10.5. The third-order valence-corrected chi connectivity index (χ3v) is 3.68. The molecule has 1 saturated heterocycles. The van der Waals surface area contributed by atoms with E-state index < -0.39 is 11.9 Å². The van der Waals surface area contributed by atoms with Gasteiger partial charge >= 0.3 is 12.0 Å². The highest BCUT2D eigenvalue weighted by molar-refractivity contribution is 5.77. The Morgan fingerprint density at radius 1 is 1.50 bits per heavy atom. The first-order valence-electron chi connectivity index (χ1n) is 6.60. The molecule has 0 radical (unpaired) electrons. The number of urea groups is 1. The minimum atomic E-state index is -0.804. The number of aliphatic carboxylic acids is 1. The Bertz CT molecular complexity index is 365. The van der Waals surface area contributed by atoms with Crippen LogP contribution in [0.4, 0.5) is 4.79 Å². The first-order valence-corrected chi connectivity index (χ1v) is 6.60. The lowest BCUT2D eigenvalue weighted by Gasteiger charge is -2.16. The minimum Gasteiger partial charge on any atom is -0.481 e. The van der Waals surface area contributed by atoms with Crippen LogP contribution in [0, 0.1) is 5.92 Å². The van der Waals surface area contributed by atoms with Gasteiger partial charge in [-0.15, -0.1) is 0 Å². The lowest BCUT2D eigenvalue weighted by Crippen LogP contribution is -2.39. The minimum absolute atomic E-state index is 0.127. The van der Waals surface area contributed by atoms with E-state index in [2.05, 4.69) is 11.4 Å². The monoisotopic (exact) mass is 252 g/mol. The molecule has 2 aliphatic rings. The SMILES string of the molecule is O=C(O)C1CCN(C(=O)NCCC2=CCCC2)C1. The third kappa shape index (κ3) is 3.24. The number of carbonyl (C=O) groups is 2. The van der Waals surface area contributed by atoms with E-state index in [1.165, 1.54) is 12.0 Å². The molecular weight excluding hydrogens is 232 g/mol. The zero-order valence-corrected chi connectivity index (χ0v) is 10.5. The van der Waals surface area contributed by atoms with E-state index in [1.807, 2.05) is 0 Å². The molecule has 0 spiro atoms. The quantitative estimate of drug-likeness (QED) is 0.747. The van der Waals surface area contributed by atoms with Gasteiger partial charge < -0.3 is 15.3 Å². The van der Waals surface area contributed by atoms with Crippen molar-refractivity contribution in [2.45, 2.75) is 32.1 Å². The van der Waals surface area contributed by atoms with Gasteiger partial charge in [-0.25, -0.2) is 4.79 Å². The van der Waals surface area contributed by atoms with Crippen molar-refractivity contribution in [3.05, 3.63) is 11.6 Å². The predicted molar refractivity (Wildman–Crippen MR) is 67.3 cm³/mol. The number of hydrogen-bond donors (Lipinski definition) is 2. The molecule has 0 aromatic heterocycles. The molecule has 100 valence electrons. The van der Waals surface area contributed by atoms with Gasteiger partial charge in [0.15, 0.2) is 0 Å². The molecule has 1 heterocycles. The number of hydrogen-bond acceptors (Lipinski definition) is 2. The topological polar surface area (TPSA) is 69.6 Å². The van der Waals surface area contributed by atoms with Crippen molar-refractivity contribution in [2.75, 3.05) is 19.6 Å². The maximum Gasteiger partial charge on any atom is 0.317 e. The lowest BCUT2D eigenvalue weighted by atomic mass is 10.1. The Kier molecular flexibility index (Phi) is 4.23. The summed E-state index contributed by atoms with van der Waals surface area (Å²) < 4.78 is 0. The number of carbonyl (C=O) groups excluding carboxylic acids is 1. The fourth-order valence-electron chi connectivity index (χ4n) is 2.55. The average Bonchev–Trinajstić information content (AvgIpc) is 2.99. The van der Waals surface area contributed by atoms with Crippen molar-refractivity contribution in [3.63, 3.8) is 0 Å². The van der Waals surface area contributed by atoms with Crippen molar-refractivity contribution in [2.24, 2.45) is 5.92 Å². The Morgan fingerprint density at radius 3 is 2.94 bits per heavy atom. The van der Waals surface area contributed by atoms with Crippen LogP contribution in [-0.4, -0.2) is 41.6 Å². The first kappa shape index (κ1) is 12.9. The molecule has 1 aliphatic heterocycles. The maximum absolute atomic E-state index is 11.8. The Morgan fingerprint density at radius 2 is 2.33 bits per heavy atom. The van der Waals surface area contributed by atoms with E-state index in [0.29, 0.717) is 26.1 Å². The highest BCUT2D eigenvalue weighted by atomic mass is 16.4. The van der Waals surface area contributed by atoms with Gasteiger partial charge in [0, 0.05) is 19.6 Å². The van der Waals surface area contributed by atoms with E-state index in [9.17, 15) is 9.59 Å². The maximum atomic E-state index is 11.8. The molecule has 1 fully saturated rings. The predicted octanol–water partition coefficient (Wildman–Crippen LogP) is 1.60. The van der Waals surface area contributed by atoms with Crippen LogP contribution in [-0.2, 0) is 4.79 Å². The van der Waals surface area contributed by atoms with Crippen LogP contribution in [0.2, 0.25) is 0 Å². The number of likely N-dealkylation sites (tertiary alicyclic amines) is 1. The molecular formula is C13H20N2O3. The summed E-state index contributed by atoms with van der Waals surface area (Å²) in [5.41, 5.74) is 1.43. The normalized spacial score (nSPS) is 23.0. The summed E-state index contributed by atoms with van der Waals surface area (Å²) in [7, 11) is 0. The highest BCUT2D eigenvalue weighted by Crippen LogP contribution is 2.20. The van der Waals surface area contributed by atoms with E-state index in [-0.39, 0.29) is 6.03 Å². The number of nitrogens with one attached hydrogen (secondary N) is 1. The van der Waals surface area contributed by atoms with Gasteiger partial charge in [0.1, 0.15) is 0 Å².